The summed E-state index contributed by atoms with van der Waals surface area (Å²) in [6.45, 7) is 0. The van der Waals surface area contributed by atoms with E-state index in [9.17, 15) is 45.6 Å². The zero-order valence-electron chi connectivity index (χ0n) is 21.7. The van der Waals surface area contributed by atoms with Crippen molar-refractivity contribution in [3.63, 3.8) is 0 Å². The predicted molar refractivity (Wildman–Crippen MR) is 140 cm³/mol. The molecular weight excluding hydrogens is 552 g/mol. The molecule has 42 heavy (non-hydrogen) atoms. The van der Waals surface area contributed by atoms with Gasteiger partial charge in [0, 0.05) is 35.3 Å². The van der Waals surface area contributed by atoms with Crippen molar-refractivity contribution in [2.75, 3.05) is 0 Å². The Morgan fingerprint density at radius 1 is 0.762 bits per heavy atom. The Bertz CT molecular complexity index is 1670. The molecule has 218 valence electrons. The van der Waals surface area contributed by atoms with E-state index in [0.29, 0.717) is 5.56 Å². The topological polar surface area (TPSA) is 207 Å². The molecule has 3 aromatic carbocycles. The molecule has 1 aliphatic carbocycles. The van der Waals surface area contributed by atoms with Gasteiger partial charge in [-0.2, -0.15) is 0 Å². The van der Waals surface area contributed by atoms with Crippen molar-refractivity contribution < 1.29 is 59.9 Å². The number of ether oxygens (including phenoxy) is 3. The van der Waals surface area contributed by atoms with Crippen molar-refractivity contribution in [3.05, 3.63) is 77.1 Å². The van der Waals surface area contributed by atoms with Gasteiger partial charge >= 0.3 is 5.79 Å². The summed E-state index contributed by atoms with van der Waals surface area (Å²) in [5, 5.41) is 84.2. The maximum atomic E-state index is 13.4. The summed E-state index contributed by atoms with van der Waals surface area (Å²) >= 11 is 0. The molecular formula is C30H26O12. The highest BCUT2D eigenvalue weighted by Gasteiger charge is 2.65. The van der Waals surface area contributed by atoms with Crippen molar-refractivity contribution in [2.24, 2.45) is 11.8 Å². The fourth-order valence-corrected chi connectivity index (χ4v) is 6.78. The van der Waals surface area contributed by atoms with Gasteiger partial charge in [0.1, 0.15) is 35.2 Å². The van der Waals surface area contributed by atoms with Gasteiger partial charge in [-0.25, -0.2) is 0 Å². The van der Waals surface area contributed by atoms with Crippen LogP contribution >= 0.6 is 0 Å². The normalized spacial score (nSPS) is 32.9. The maximum absolute atomic E-state index is 13.4. The van der Waals surface area contributed by atoms with Gasteiger partial charge in [0.2, 0.25) is 0 Å². The molecule has 8 unspecified atom stereocenters. The molecule has 0 radical (unpaired) electrons. The predicted octanol–water partition coefficient (Wildman–Crippen LogP) is 2.23. The highest BCUT2D eigenvalue weighted by atomic mass is 16.7. The number of aliphatic hydroxyl groups excluding tert-OH is 2. The molecule has 12 nitrogen and oxygen atoms in total. The van der Waals surface area contributed by atoms with Crippen LogP contribution in [0, 0.1) is 11.8 Å². The van der Waals surface area contributed by atoms with Crippen LogP contribution in [-0.4, -0.2) is 64.9 Å². The molecule has 0 saturated carbocycles. The van der Waals surface area contributed by atoms with E-state index >= 15 is 0 Å². The number of ketones is 1. The Hall–Kier alpha value is -4.65. The van der Waals surface area contributed by atoms with Crippen molar-refractivity contribution in [2.45, 2.75) is 42.5 Å². The van der Waals surface area contributed by atoms with E-state index in [0.717, 1.165) is 12.1 Å². The Morgan fingerprint density at radius 2 is 1.48 bits per heavy atom. The van der Waals surface area contributed by atoms with Crippen LogP contribution in [0.2, 0.25) is 0 Å². The third-order valence-corrected chi connectivity index (χ3v) is 8.67. The van der Waals surface area contributed by atoms with Crippen LogP contribution in [0.1, 0.15) is 35.1 Å². The summed E-state index contributed by atoms with van der Waals surface area (Å²) in [6.07, 6.45) is -3.54. The molecule has 8 N–H and O–H groups in total. The summed E-state index contributed by atoms with van der Waals surface area (Å²) in [7, 11) is 0. The average molecular weight is 579 g/mol. The third-order valence-electron chi connectivity index (χ3n) is 8.67. The first-order valence-corrected chi connectivity index (χ1v) is 13.2. The standard InChI is InChI=1S/C30H26O12/c31-13-7-20(37)24-22(8-13)41-30(12-2-4-16(33)19(36)6-12)29(39)26(24)25-23(42-30)10-17(34)14-9-21(38)27(40-28(14)25)11-1-3-15(32)18(35)5-11/h1-8,10,14,21,25-29,31-33,35-39H,9H2. The van der Waals surface area contributed by atoms with Crippen molar-refractivity contribution in [1.82, 2.24) is 0 Å². The molecule has 12 heteroatoms. The highest BCUT2D eigenvalue weighted by Crippen LogP contribution is 2.62. The van der Waals surface area contributed by atoms with Crippen LogP contribution in [0.4, 0.5) is 0 Å². The molecule has 0 spiro atoms. The van der Waals surface area contributed by atoms with Crippen molar-refractivity contribution in [3.8, 4) is 40.2 Å². The molecule has 3 aromatic rings. The number of aromatic hydroxyl groups is 6. The lowest BCUT2D eigenvalue weighted by Gasteiger charge is -2.56. The van der Waals surface area contributed by atoms with E-state index in [4.69, 9.17) is 14.2 Å². The lowest BCUT2D eigenvalue weighted by Crippen LogP contribution is -2.62. The average Bonchev–Trinajstić information content (AvgIpc) is 2.92. The molecule has 8 atom stereocenters. The van der Waals surface area contributed by atoms with Crippen LogP contribution in [0.25, 0.3) is 0 Å². The number of benzene rings is 3. The zero-order chi connectivity index (χ0) is 29.7. The number of rotatable bonds is 2. The lowest BCUT2D eigenvalue weighted by atomic mass is 9.64. The van der Waals surface area contributed by atoms with E-state index in [1.807, 2.05) is 0 Å². The molecule has 0 aromatic heterocycles. The first kappa shape index (κ1) is 26.3. The van der Waals surface area contributed by atoms with E-state index in [-0.39, 0.29) is 46.3 Å². The number of phenols is 6. The Balaban J connectivity index is 1.39. The van der Waals surface area contributed by atoms with E-state index < -0.39 is 71.0 Å². The minimum absolute atomic E-state index is 0.0270. The molecule has 7 rings (SSSR count). The van der Waals surface area contributed by atoms with Crippen LogP contribution < -0.4 is 4.74 Å². The number of hydrogen-bond acceptors (Lipinski definition) is 12. The monoisotopic (exact) mass is 578 g/mol. The molecule has 2 bridgehead atoms. The van der Waals surface area contributed by atoms with Crippen molar-refractivity contribution >= 4 is 5.78 Å². The number of phenolic OH excluding ortho intramolecular Hbond substituents is 6. The second kappa shape index (κ2) is 8.92. The van der Waals surface area contributed by atoms with Crippen LogP contribution in [0.15, 0.2) is 60.4 Å². The van der Waals surface area contributed by atoms with Gasteiger partial charge in [0.05, 0.1) is 24.0 Å². The summed E-state index contributed by atoms with van der Waals surface area (Å²) in [4.78, 5) is 13.4. The van der Waals surface area contributed by atoms with Gasteiger partial charge in [-0.3, -0.25) is 4.79 Å². The number of aliphatic hydroxyl groups is 2. The largest absolute Gasteiger partial charge is 0.508 e. The summed E-state index contributed by atoms with van der Waals surface area (Å²) in [5.74, 6) is -7.73. The fourth-order valence-electron chi connectivity index (χ4n) is 6.78. The molecule has 3 heterocycles. The number of carbonyl (C=O) groups is 1. The number of allylic oxidation sites excluding steroid dienone is 1. The van der Waals surface area contributed by atoms with Crippen LogP contribution in [0.5, 0.6) is 40.2 Å². The Kier molecular flexibility index (Phi) is 5.58. The maximum Gasteiger partial charge on any atom is 0.304 e. The van der Waals surface area contributed by atoms with Gasteiger partial charge in [-0.1, -0.05) is 6.07 Å². The minimum Gasteiger partial charge on any atom is -0.508 e. The molecule has 2 fully saturated rings. The van der Waals surface area contributed by atoms with Crippen molar-refractivity contribution in [1.29, 1.82) is 0 Å². The lowest BCUT2D eigenvalue weighted by molar-refractivity contribution is -0.288. The van der Waals surface area contributed by atoms with E-state index in [1.54, 1.807) is 0 Å². The molecule has 0 amide bonds. The van der Waals surface area contributed by atoms with Crippen LogP contribution in [0.3, 0.4) is 0 Å². The summed E-state index contributed by atoms with van der Waals surface area (Å²) in [6, 6.07) is 9.96. The number of hydrogen-bond donors (Lipinski definition) is 8. The van der Waals surface area contributed by atoms with Gasteiger partial charge < -0.3 is 55.1 Å². The Morgan fingerprint density at radius 3 is 2.19 bits per heavy atom. The molecule has 2 saturated heterocycles. The van der Waals surface area contributed by atoms with Gasteiger partial charge in [0.25, 0.3) is 0 Å². The smallest absolute Gasteiger partial charge is 0.304 e. The van der Waals surface area contributed by atoms with E-state index in [1.165, 1.54) is 42.5 Å². The summed E-state index contributed by atoms with van der Waals surface area (Å²) in [5.41, 5.74) is 0.543. The van der Waals surface area contributed by atoms with Gasteiger partial charge in [0.15, 0.2) is 28.8 Å². The Labute approximate surface area is 237 Å². The SMILES string of the molecule is O=C1C=C2OC3(c4ccc(O)c(O)c4)Oc4cc(O)cc(O)c4C(C2C2OC(c4ccc(O)c(O)c4)C(O)CC12)C3O. The van der Waals surface area contributed by atoms with Crippen LogP contribution in [-0.2, 0) is 20.1 Å². The minimum atomic E-state index is -2.07. The van der Waals surface area contributed by atoms with Gasteiger partial charge in [-0.15, -0.1) is 0 Å². The first-order chi connectivity index (χ1) is 20.0. The second-order valence-electron chi connectivity index (χ2n) is 11.1. The number of carbonyl (C=O) groups excluding carboxylic acids is 1. The second-order valence-corrected chi connectivity index (χ2v) is 11.1. The molecule has 3 aliphatic heterocycles. The number of fused-ring (bicyclic) bond motifs is 8. The van der Waals surface area contributed by atoms with E-state index in [2.05, 4.69) is 0 Å². The quantitative estimate of drug-likeness (QED) is 0.206. The highest BCUT2D eigenvalue weighted by molar-refractivity contribution is 5.94. The van der Waals surface area contributed by atoms with Gasteiger partial charge in [-0.05, 0) is 42.3 Å². The summed E-state index contributed by atoms with van der Waals surface area (Å²) < 4.78 is 18.8. The molecule has 4 aliphatic rings. The first-order valence-electron chi connectivity index (χ1n) is 13.2. The zero-order valence-corrected chi connectivity index (χ0v) is 21.7. The fraction of sp³-hybridized carbons (Fsp3) is 0.300. The third kappa shape index (κ3) is 3.62.